The first kappa shape index (κ1) is 11.9. The van der Waals surface area contributed by atoms with Gasteiger partial charge in [0.2, 0.25) is 0 Å². The number of nitrogens with zero attached hydrogens (tertiary/aromatic N) is 2. The minimum Gasteiger partial charge on any atom is -0.476 e. The van der Waals surface area contributed by atoms with Gasteiger partial charge in [-0.25, -0.2) is 9.48 Å². The highest BCUT2D eigenvalue weighted by Crippen LogP contribution is 2.23. The first-order valence-corrected chi connectivity index (χ1v) is 5.85. The topological polar surface area (TPSA) is 55.1 Å². The Morgan fingerprint density at radius 3 is 2.35 bits per heavy atom. The lowest BCUT2D eigenvalue weighted by Gasteiger charge is -2.04. The van der Waals surface area contributed by atoms with Gasteiger partial charge in [0.1, 0.15) is 0 Å². The van der Waals surface area contributed by atoms with Gasteiger partial charge in [0.05, 0.1) is 15.9 Å². The number of hydrogen-bond donors (Lipinski definition) is 1. The second-order valence-electron chi connectivity index (χ2n) is 3.80. The number of benzene rings is 1. The third-order valence-electron chi connectivity index (χ3n) is 2.52. The Bertz CT molecular complexity index is 573. The predicted octanol–water partition coefficient (Wildman–Crippen LogP) is 2.95. The van der Waals surface area contributed by atoms with Crippen LogP contribution in [0.15, 0.2) is 28.7 Å². The average Bonchev–Trinajstić information content (AvgIpc) is 2.58. The molecule has 0 bridgehead atoms. The number of aryl methyl sites for hydroxylation is 1. The molecule has 4 nitrogen and oxygen atoms in total. The number of rotatable bonds is 2. The zero-order valence-electron chi connectivity index (χ0n) is 9.44. The Balaban J connectivity index is 2.56. The summed E-state index contributed by atoms with van der Waals surface area (Å²) in [7, 11) is 0. The van der Waals surface area contributed by atoms with Crippen molar-refractivity contribution in [3.63, 3.8) is 0 Å². The molecule has 0 radical (unpaired) electrons. The predicted molar refractivity (Wildman–Crippen MR) is 67.7 cm³/mol. The summed E-state index contributed by atoms with van der Waals surface area (Å²) in [6.07, 6.45) is 0. The van der Waals surface area contributed by atoms with Crippen molar-refractivity contribution >= 4 is 21.9 Å². The van der Waals surface area contributed by atoms with Crippen LogP contribution in [0.2, 0.25) is 0 Å². The third kappa shape index (κ3) is 2.10. The molecule has 0 aliphatic heterocycles. The van der Waals surface area contributed by atoms with Crippen LogP contribution in [0.3, 0.4) is 0 Å². The van der Waals surface area contributed by atoms with Crippen LogP contribution < -0.4 is 0 Å². The number of aromatic nitrogens is 2. The molecule has 0 atom stereocenters. The normalized spacial score (nSPS) is 10.5. The van der Waals surface area contributed by atoms with Crippen molar-refractivity contribution in [2.45, 2.75) is 13.8 Å². The molecule has 88 valence electrons. The van der Waals surface area contributed by atoms with Crippen molar-refractivity contribution in [1.82, 2.24) is 9.78 Å². The summed E-state index contributed by atoms with van der Waals surface area (Å²) in [6.45, 7) is 3.82. The lowest BCUT2D eigenvalue weighted by molar-refractivity contribution is 0.0689. The Morgan fingerprint density at radius 1 is 1.29 bits per heavy atom. The molecule has 0 aliphatic rings. The van der Waals surface area contributed by atoms with Crippen LogP contribution in [0.4, 0.5) is 0 Å². The van der Waals surface area contributed by atoms with Crippen LogP contribution in [0, 0.1) is 13.8 Å². The molecule has 0 amide bonds. The Morgan fingerprint density at radius 2 is 1.88 bits per heavy atom. The number of carboxylic acids is 1. The molecular formula is C12H11BrN2O2. The monoisotopic (exact) mass is 294 g/mol. The maximum atomic E-state index is 11.0. The minimum absolute atomic E-state index is 0.0306. The first-order chi connectivity index (χ1) is 8.00. The molecule has 0 fully saturated rings. The molecule has 2 rings (SSSR count). The summed E-state index contributed by atoms with van der Waals surface area (Å²) in [6, 6.07) is 7.75. The quantitative estimate of drug-likeness (QED) is 0.926. The summed E-state index contributed by atoms with van der Waals surface area (Å²) in [5, 5.41) is 13.1. The van der Waals surface area contributed by atoms with E-state index in [0.717, 1.165) is 16.9 Å². The summed E-state index contributed by atoms with van der Waals surface area (Å²) < 4.78 is 2.14. The highest BCUT2D eigenvalue weighted by Gasteiger charge is 2.18. The largest absolute Gasteiger partial charge is 0.476 e. The maximum Gasteiger partial charge on any atom is 0.357 e. The van der Waals surface area contributed by atoms with Gasteiger partial charge in [0.15, 0.2) is 5.69 Å². The summed E-state index contributed by atoms with van der Waals surface area (Å²) >= 11 is 3.25. The van der Waals surface area contributed by atoms with Crippen molar-refractivity contribution < 1.29 is 9.90 Å². The van der Waals surface area contributed by atoms with Crippen LogP contribution >= 0.6 is 15.9 Å². The molecule has 1 N–H and O–H groups in total. The number of halogens is 1. The maximum absolute atomic E-state index is 11.0. The lowest BCUT2D eigenvalue weighted by Crippen LogP contribution is -2.02. The van der Waals surface area contributed by atoms with Crippen molar-refractivity contribution in [1.29, 1.82) is 0 Å². The van der Waals surface area contributed by atoms with Crippen molar-refractivity contribution in [3.8, 4) is 5.69 Å². The van der Waals surface area contributed by atoms with Crippen LogP contribution in [0.25, 0.3) is 5.69 Å². The lowest BCUT2D eigenvalue weighted by atomic mass is 10.2. The van der Waals surface area contributed by atoms with Crippen molar-refractivity contribution in [2.75, 3.05) is 0 Å². The second-order valence-corrected chi connectivity index (χ2v) is 4.59. The fraction of sp³-hybridized carbons (Fsp3) is 0.167. The summed E-state index contributed by atoms with van der Waals surface area (Å²) in [5.74, 6) is -1.04. The fourth-order valence-corrected chi connectivity index (χ4v) is 1.97. The van der Waals surface area contributed by atoms with Crippen LogP contribution in [-0.4, -0.2) is 20.9 Å². The molecule has 0 unspecified atom stereocenters. The molecule has 1 aromatic carbocycles. The van der Waals surface area contributed by atoms with Crippen molar-refractivity contribution in [2.24, 2.45) is 0 Å². The van der Waals surface area contributed by atoms with E-state index in [1.807, 2.05) is 38.1 Å². The van der Waals surface area contributed by atoms with Crippen molar-refractivity contribution in [3.05, 3.63) is 45.7 Å². The van der Waals surface area contributed by atoms with Crippen LogP contribution in [0.5, 0.6) is 0 Å². The van der Waals surface area contributed by atoms with E-state index in [0.29, 0.717) is 4.47 Å². The Labute approximate surface area is 107 Å². The van der Waals surface area contributed by atoms with Gasteiger partial charge in [-0.1, -0.05) is 17.7 Å². The number of carbonyl (C=O) groups is 1. The van der Waals surface area contributed by atoms with E-state index in [4.69, 9.17) is 5.11 Å². The number of aromatic carboxylic acids is 1. The van der Waals surface area contributed by atoms with E-state index in [-0.39, 0.29) is 5.69 Å². The minimum atomic E-state index is -1.04. The molecule has 1 heterocycles. The van der Waals surface area contributed by atoms with Gasteiger partial charge in [-0.15, -0.1) is 0 Å². The number of hydrogen-bond acceptors (Lipinski definition) is 2. The van der Waals surface area contributed by atoms with E-state index < -0.39 is 5.97 Å². The molecule has 2 aromatic rings. The molecule has 17 heavy (non-hydrogen) atoms. The third-order valence-corrected chi connectivity index (χ3v) is 3.47. The molecule has 1 aromatic heterocycles. The Hall–Kier alpha value is -1.62. The Kier molecular flexibility index (Phi) is 3.02. The van der Waals surface area contributed by atoms with E-state index in [1.54, 1.807) is 4.68 Å². The van der Waals surface area contributed by atoms with E-state index >= 15 is 0 Å². The molecule has 0 saturated heterocycles. The fourth-order valence-electron chi connectivity index (χ4n) is 1.56. The summed E-state index contributed by atoms with van der Waals surface area (Å²) in [5.41, 5.74) is 2.80. The zero-order chi connectivity index (χ0) is 12.6. The first-order valence-electron chi connectivity index (χ1n) is 5.06. The van der Waals surface area contributed by atoms with Gasteiger partial charge >= 0.3 is 5.97 Å². The molecule has 5 heteroatoms. The SMILES string of the molecule is Cc1ccc(-n2nc(C(=O)O)c(Br)c2C)cc1. The highest BCUT2D eigenvalue weighted by molar-refractivity contribution is 9.10. The molecule has 0 saturated carbocycles. The smallest absolute Gasteiger partial charge is 0.357 e. The van der Waals surface area contributed by atoms with Gasteiger partial charge in [0.25, 0.3) is 0 Å². The molecule has 0 spiro atoms. The number of carboxylic acid groups (broad SMARTS) is 1. The van der Waals surface area contributed by atoms with E-state index in [9.17, 15) is 4.79 Å². The highest BCUT2D eigenvalue weighted by atomic mass is 79.9. The van der Waals surface area contributed by atoms with Crippen LogP contribution in [0.1, 0.15) is 21.7 Å². The van der Waals surface area contributed by atoms with Gasteiger partial charge in [-0.3, -0.25) is 0 Å². The van der Waals surface area contributed by atoms with Gasteiger partial charge < -0.3 is 5.11 Å². The molecular weight excluding hydrogens is 284 g/mol. The standard InChI is InChI=1S/C12H11BrN2O2/c1-7-3-5-9(6-4-7)15-8(2)10(13)11(14-15)12(16)17/h3-6H,1-2H3,(H,16,17). The van der Waals surface area contributed by atoms with Crippen LogP contribution in [-0.2, 0) is 0 Å². The van der Waals surface area contributed by atoms with Gasteiger partial charge in [0, 0.05) is 0 Å². The second kappa shape index (κ2) is 4.33. The summed E-state index contributed by atoms with van der Waals surface area (Å²) in [4.78, 5) is 11.0. The van der Waals surface area contributed by atoms with E-state index in [2.05, 4.69) is 21.0 Å². The van der Waals surface area contributed by atoms with E-state index in [1.165, 1.54) is 0 Å². The zero-order valence-corrected chi connectivity index (χ0v) is 11.0. The molecule has 0 aliphatic carbocycles. The average molecular weight is 295 g/mol. The van der Waals surface area contributed by atoms with Gasteiger partial charge in [-0.05, 0) is 41.9 Å². The van der Waals surface area contributed by atoms with Gasteiger partial charge in [-0.2, -0.15) is 5.10 Å².